The molecule has 0 radical (unpaired) electrons. The number of methoxy groups -OCH3 is 1. The van der Waals surface area contributed by atoms with Crippen molar-refractivity contribution in [1.29, 1.82) is 0 Å². The minimum Gasteiger partial charge on any atom is -0.479 e. The smallest absolute Gasteiger partial charge is 0.238 e. The Kier molecular flexibility index (Phi) is 5.75. The maximum atomic E-state index is 5.73. The SMILES string of the molecule is COc1nc(NC(C)CCCC(C)C)ccc1N. The lowest BCUT2D eigenvalue weighted by atomic mass is 10.0. The van der Waals surface area contributed by atoms with E-state index in [4.69, 9.17) is 10.5 Å². The van der Waals surface area contributed by atoms with Gasteiger partial charge in [-0.05, 0) is 31.4 Å². The number of aromatic nitrogens is 1. The first-order chi connectivity index (χ1) is 8.52. The van der Waals surface area contributed by atoms with Crippen molar-refractivity contribution < 1.29 is 4.74 Å². The van der Waals surface area contributed by atoms with Gasteiger partial charge in [0.1, 0.15) is 5.82 Å². The van der Waals surface area contributed by atoms with Crippen LogP contribution in [-0.4, -0.2) is 18.1 Å². The van der Waals surface area contributed by atoms with Crippen molar-refractivity contribution in [3.05, 3.63) is 12.1 Å². The molecule has 0 aliphatic carbocycles. The molecule has 0 saturated carbocycles. The molecule has 1 unspecified atom stereocenters. The maximum Gasteiger partial charge on any atom is 0.238 e. The van der Waals surface area contributed by atoms with Crippen LogP contribution in [0, 0.1) is 5.92 Å². The first-order valence-corrected chi connectivity index (χ1v) is 6.60. The van der Waals surface area contributed by atoms with E-state index in [-0.39, 0.29) is 0 Å². The molecule has 18 heavy (non-hydrogen) atoms. The van der Waals surface area contributed by atoms with E-state index >= 15 is 0 Å². The Morgan fingerprint density at radius 2 is 2.00 bits per heavy atom. The average Bonchev–Trinajstić information content (AvgIpc) is 2.31. The fourth-order valence-electron chi connectivity index (χ4n) is 1.85. The van der Waals surface area contributed by atoms with Gasteiger partial charge in [-0.3, -0.25) is 0 Å². The summed E-state index contributed by atoms with van der Waals surface area (Å²) in [5.41, 5.74) is 6.29. The largest absolute Gasteiger partial charge is 0.479 e. The molecule has 0 fully saturated rings. The van der Waals surface area contributed by atoms with Crippen LogP contribution in [-0.2, 0) is 0 Å². The molecule has 1 aromatic rings. The van der Waals surface area contributed by atoms with E-state index in [2.05, 4.69) is 31.1 Å². The Labute approximate surface area is 110 Å². The summed E-state index contributed by atoms with van der Waals surface area (Å²) in [5.74, 6) is 2.07. The van der Waals surface area contributed by atoms with Gasteiger partial charge in [0, 0.05) is 6.04 Å². The molecular weight excluding hydrogens is 226 g/mol. The van der Waals surface area contributed by atoms with Crippen molar-refractivity contribution in [2.75, 3.05) is 18.2 Å². The van der Waals surface area contributed by atoms with Crippen LogP contribution in [0.2, 0.25) is 0 Å². The van der Waals surface area contributed by atoms with E-state index in [0.717, 1.165) is 18.2 Å². The van der Waals surface area contributed by atoms with Gasteiger partial charge >= 0.3 is 0 Å². The van der Waals surface area contributed by atoms with Crippen LogP contribution < -0.4 is 15.8 Å². The van der Waals surface area contributed by atoms with E-state index in [1.54, 1.807) is 7.11 Å². The van der Waals surface area contributed by atoms with Gasteiger partial charge in [0.25, 0.3) is 0 Å². The number of hydrogen-bond acceptors (Lipinski definition) is 4. The molecule has 4 heteroatoms. The number of nitrogens with zero attached hydrogens (tertiary/aromatic N) is 1. The van der Waals surface area contributed by atoms with Crippen molar-refractivity contribution in [2.24, 2.45) is 5.92 Å². The molecule has 102 valence electrons. The number of pyridine rings is 1. The molecule has 1 heterocycles. The first-order valence-electron chi connectivity index (χ1n) is 6.60. The zero-order chi connectivity index (χ0) is 13.5. The molecule has 3 N–H and O–H groups in total. The van der Waals surface area contributed by atoms with Gasteiger partial charge in [-0.1, -0.05) is 26.7 Å². The summed E-state index contributed by atoms with van der Waals surface area (Å²) in [4.78, 5) is 4.32. The standard InChI is InChI=1S/C14H25N3O/c1-10(2)6-5-7-11(3)16-13-9-8-12(15)14(17-13)18-4/h8-11H,5-7,15H2,1-4H3,(H,16,17). The third-order valence-electron chi connectivity index (χ3n) is 2.90. The Bertz CT molecular complexity index is 366. The molecule has 0 aliphatic heterocycles. The van der Waals surface area contributed by atoms with Crippen molar-refractivity contribution in [1.82, 2.24) is 4.98 Å². The fourth-order valence-corrected chi connectivity index (χ4v) is 1.85. The van der Waals surface area contributed by atoms with E-state index in [0.29, 0.717) is 17.6 Å². The summed E-state index contributed by atoms with van der Waals surface area (Å²) in [7, 11) is 1.58. The second-order valence-corrected chi connectivity index (χ2v) is 5.17. The molecule has 1 rings (SSSR count). The highest BCUT2D eigenvalue weighted by Crippen LogP contribution is 2.21. The van der Waals surface area contributed by atoms with Crippen molar-refractivity contribution in [3.8, 4) is 5.88 Å². The Morgan fingerprint density at radius 3 is 2.61 bits per heavy atom. The average molecular weight is 251 g/mol. The van der Waals surface area contributed by atoms with Gasteiger partial charge in [-0.25, -0.2) is 0 Å². The monoisotopic (exact) mass is 251 g/mol. The van der Waals surface area contributed by atoms with Gasteiger partial charge in [0.15, 0.2) is 0 Å². The number of anilines is 2. The highest BCUT2D eigenvalue weighted by molar-refractivity contribution is 5.53. The van der Waals surface area contributed by atoms with Crippen molar-refractivity contribution in [2.45, 2.75) is 46.1 Å². The summed E-state index contributed by atoms with van der Waals surface area (Å²) in [5, 5.41) is 3.37. The van der Waals surface area contributed by atoms with Gasteiger partial charge in [0.2, 0.25) is 5.88 Å². The number of nitrogen functional groups attached to an aromatic ring is 1. The zero-order valence-corrected chi connectivity index (χ0v) is 11.9. The molecular formula is C14H25N3O. The van der Waals surface area contributed by atoms with Crippen molar-refractivity contribution in [3.63, 3.8) is 0 Å². The number of hydrogen-bond donors (Lipinski definition) is 2. The molecule has 4 nitrogen and oxygen atoms in total. The van der Waals surface area contributed by atoms with Gasteiger partial charge < -0.3 is 15.8 Å². The van der Waals surface area contributed by atoms with E-state index in [1.165, 1.54) is 12.8 Å². The van der Waals surface area contributed by atoms with Crippen LogP contribution in [0.3, 0.4) is 0 Å². The van der Waals surface area contributed by atoms with Crippen LogP contribution in [0.4, 0.5) is 11.5 Å². The van der Waals surface area contributed by atoms with Gasteiger partial charge in [0.05, 0.1) is 12.8 Å². The fraction of sp³-hybridized carbons (Fsp3) is 0.643. The Balaban J connectivity index is 2.46. The first kappa shape index (κ1) is 14.6. The maximum absolute atomic E-state index is 5.73. The molecule has 0 saturated heterocycles. The molecule has 0 aliphatic rings. The molecule has 0 bridgehead atoms. The predicted molar refractivity (Wildman–Crippen MR) is 77.0 cm³/mol. The summed E-state index contributed by atoms with van der Waals surface area (Å²) >= 11 is 0. The third-order valence-corrected chi connectivity index (χ3v) is 2.90. The lowest BCUT2D eigenvalue weighted by Crippen LogP contribution is -2.16. The molecule has 1 aromatic heterocycles. The van der Waals surface area contributed by atoms with Gasteiger partial charge in [-0.15, -0.1) is 0 Å². The number of rotatable bonds is 7. The van der Waals surface area contributed by atoms with E-state index in [9.17, 15) is 0 Å². The second kappa shape index (κ2) is 7.09. The lowest BCUT2D eigenvalue weighted by molar-refractivity contribution is 0.400. The van der Waals surface area contributed by atoms with Crippen LogP contribution in [0.15, 0.2) is 12.1 Å². The predicted octanol–water partition coefficient (Wildman–Crippen LogP) is 3.30. The summed E-state index contributed by atoms with van der Waals surface area (Å²) in [6.45, 7) is 6.68. The summed E-state index contributed by atoms with van der Waals surface area (Å²) in [6.07, 6.45) is 3.65. The normalized spacial score (nSPS) is 12.5. The van der Waals surface area contributed by atoms with Crippen LogP contribution in [0.1, 0.15) is 40.0 Å². The third kappa shape index (κ3) is 4.82. The minimum absolute atomic E-state index is 0.407. The number of ether oxygens (including phenoxy) is 1. The van der Waals surface area contributed by atoms with E-state index in [1.807, 2.05) is 12.1 Å². The summed E-state index contributed by atoms with van der Waals surface area (Å²) < 4.78 is 5.10. The highest BCUT2D eigenvalue weighted by Gasteiger charge is 2.06. The highest BCUT2D eigenvalue weighted by atomic mass is 16.5. The lowest BCUT2D eigenvalue weighted by Gasteiger charge is -2.16. The van der Waals surface area contributed by atoms with E-state index < -0.39 is 0 Å². The van der Waals surface area contributed by atoms with Crippen LogP contribution >= 0.6 is 0 Å². The topological polar surface area (TPSA) is 60.2 Å². The Morgan fingerprint density at radius 1 is 1.28 bits per heavy atom. The quantitative estimate of drug-likeness (QED) is 0.780. The minimum atomic E-state index is 0.407. The number of nitrogens with one attached hydrogen (secondary N) is 1. The Hall–Kier alpha value is -1.45. The van der Waals surface area contributed by atoms with Crippen molar-refractivity contribution >= 4 is 11.5 Å². The van der Waals surface area contributed by atoms with Gasteiger partial charge in [-0.2, -0.15) is 4.98 Å². The molecule has 1 atom stereocenters. The zero-order valence-electron chi connectivity index (χ0n) is 11.9. The molecule has 0 aromatic carbocycles. The molecule has 0 spiro atoms. The van der Waals surface area contributed by atoms with Crippen LogP contribution in [0.25, 0.3) is 0 Å². The van der Waals surface area contributed by atoms with Crippen LogP contribution in [0.5, 0.6) is 5.88 Å². The molecule has 0 amide bonds. The second-order valence-electron chi connectivity index (χ2n) is 5.17. The number of nitrogens with two attached hydrogens (primary N) is 1. The summed E-state index contributed by atoms with van der Waals surface area (Å²) in [6, 6.07) is 4.11.